The summed E-state index contributed by atoms with van der Waals surface area (Å²) in [5.74, 6) is 0.611. The first kappa shape index (κ1) is 17.0. The van der Waals surface area contributed by atoms with Crippen molar-refractivity contribution in [3.05, 3.63) is 21.3 Å². The summed E-state index contributed by atoms with van der Waals surface area (Å²) in [5.41, 5.74) is 0.188. The lowest BCUT2D eigenvalue weighted by Gasteiger charge is -2.32. The molecule has 19 heavy (non-hydrogen) atoms. The summed E-state index contributed by atoms with van der Waals surface area (Å²) in [6, 6.07) is 4.63. The summed E-state index contributed by atoms with van der Waals surface area (Å²) in [6.07, 6.45) is 0. The van der Waals surface area contributed by atoms with E-state index in [9.17, 15) is 0 Å². The van der Waals surface area contributed by atoms with Crippen molar-refractivity contribution in [2.45, 2.75) is 52.7 Å². The molecule has 1 aromatic heterocycles. The van der Waals surface area contributed by atoms with Crippen molar-refractivity contribution in [2.24, 2.45) is 5.92 Å². The molecule has 0 spiro atoms. The molecule has 0 bridgehead atoms. The molecule has 0 saturated carbocycles. The normalized spacial score (nSPS) is 15.8. The van der Waals surface area contributed by atoms with Crippen molar-refractivity contribution in [2.75, 3.05) is 13.6 Å². The molecule has 0 aliphatic rings. The van der Waals surface area contributed by atoms with E-state index in [0.29, 0.717) is 12.0 Å². The highest BCUT2D eigenvalue weighted by Crippen LogP contribution is 2.23. The molecule has 1 heterocycles. The zero-order valence-electron chi connectivity index (χ0n) is 13.0. The van der Waals surface area contributed by atoms with Gasteiger partial charge in [0.2, 0.25) is 0 Å². The van der Waals surface area contributed by atoms with Crippen molar-refractivity contribution < 1.29 is 0 Å². The molecular formula is C15H27ClN2S. The predicted molar refractivity (Wildman–Crippen MR) is 87.2 cm³/mol. The minimum absolute atomic E-state index is 0.188. The van der Waals surface area contributed by atoms with E-state index in [0.717, 1.165) is 17.4 Å². The Hall–Kier alpha value is -0.0900. The molecule has 0 amide bonds. The number of nitrogens with one attached hydrogen (secondary N) is 1. The lowest BCUT2D eigenvalue weighted by molar-refractivity contribution is 0.183. The SMILES string of the molecule is CC(CNC(C)(C)C)C(C)N(C)Cc1ccc(Cl)s1. The fraction of sp³-hybridized carbons (Fsp3) is 0.733. The van der Waals surface area contributed by atoms with Crippen LogP contribution in [0.3, 0.4) is 0 Å². The molecular weight excluding hydrogens is 276 g/mol. The zero-order chi connectivity index (χ0) is 14.6. The standard InChI is InChI=1S/C15H27ClN2S/c1-11(9-17-15(3,4)5)12(2)18(6)10-13-7-8-14(16)19-13/h7-8,11-12,17H,9-10H2,1-6H3. The van der Waals surface area contributed by atoms with Crippen LogP contribution >= 0.6 is 22.9 Å². The highest BCUT2D eigenvalue weighted by Gasteiger charge is 2.19. The van der Waals surface area contributed by atoms with Crippen LogP contribution in [-0.2, 0) is 6.54 Å². The number of halogens is 1. The maximum atomic E-state index is 5.98. The third-order valence-electron chi connectivity index (χ3n) is 3.51. The third kappa shape index (κ3) is 6.26. The van der Waals surface area contributed by atoms with E-state index in [1.807, 2.05) is 6.07 Å². The van der Waals surface area contributed by atoms with Gasteiger partial charge in [0.05, 0.1) is 4.34 Å². The fourth-order valence-electron chi connectivity index (χ4n) is 1.90. The Morgan fingerprint density at radius 2 is 1.95 bits per heavy atom. The molecule has 0 aliphatic carbocycles. The Morgan fingerprint density at radius 3 is 2.42 bits per heavy atom. The van der Waals surface area contributed by atoms with Gasteiger partial charge < -0.3 is 5.32 Å². The van der Waals surface area contributed by atoms with E-state index in [1.54, 1.807) is 11.3 Å². The average Bonchev–Trinajstić information content (AvgIpc) is 2.69. The zero-order valence-corrected chi connectivity index (χ0v) is 14.5. The molecule has 1 rings (SSSR count). The molecule has 0 aromatic carbocycles. The number of thiophene rings is 1. The van der Waals surface area contributed by atoms with Crippen LogP contribution < -0.4 is 5.32 Å². The first-order valence-electron chi connectivity index (χ1n) is 6.88. The average molecular weight is 303 g/mol. The minimum atomic E-state index is 0.188. The molecule has 0 radical (unpaired) electrons. The summed E-state index contributed by atoms with van der Waals surface area (Å²) in [4.78, 5) is 3.73. The van der Waals surface area contributed by atoms with Crippen LogP contribution in [0.5, 0.6) is 0 Å². The number of nitrogens with zero attached hydrogens (tertiary/aromatic N) is 1. The van der Waals surface area contributed by atoms with Gasteiger partial charge >= 0.3 is 0 Å². The lowest BCUT2D eigenvalue weighted by Crippen LogP contribution is -2.44. The van der Waals surface area contributed by atoms with E-state index < -0.39 is 0 Å². The molecule has 1 aromatic rings. The van der Waals surface area contributed by atoms with Crippen molar-refractivity contribution >= 4 is 22.9 Å². The largest absolute Gasteiger partial charge is 0.312 e. The van der Waals surface area contributed by atoms with E-state index in [-0.39, 0.29) is 5.54 Å². The fourth-order valence-corrected chi connectivity index (χ4v) is 3.05. The summed E-state index contributed by atoms with van der Waals surface area (Å²) in [6.45, 7) is 13.2. The minimum Gasteiger partial charge on any atom is -0.312 e. The van der Waals surface area contributed by atoms with Crippen molar-refractivity contribution in [3.8, 4) is 0 Å². The van der Waals surface area contributed by atoms with Crippen LogP contribution in [0.4, 0.5) is 0 Å². The lowest BCUT2D eigenvalue weighted by atomic mass is 10.00. The van der Waals surface area contributed by atoms with Crippen LogP contribution in [-0.4, -0.2) is 30.1 Å². The Labute approximate surface area is 127 Å². The van der Waals surface area contributed by atoms with Crippen LogP contribution in [0.25, 0.3) is 0 Å². The van der Waals surface area contributed by atoms with Gasteiger partial charge in [0.15, 0.2) is 0 Å². The maximum absolute atomic E-state index is 5.98. The first-order chi connectivity index (χ1) is 8.69. The summed E-state index contributed by atoms with van der Waals surface area (Å²) in [5, 5.41) is 3.58. The monoisotopic (exact) mass is 302 g/mol. The summed E-state index contributed by atoms with van der Waals surface area (Å²) < 4.78 is 0.874. The van der Waals surface area contributed by atoms with Gasteiger partial charge in [-0.1, -0.05) is 18.5 Å². The quantitative estimate of drug-likeness (QED) is 0.845. The van der Waals surface area contributed by atoms with Crippen LogP contribution in [0.15, 0.2) is 12.1 Å². The van der Waals surface area contributed by atoms with E-state index in [4.69, 9.17) is 11.6 Å². The predicted octanol–water partition coefficient (Wildman–Crippen LogP) is 4.25. The summed E-state index contributed by atoms with van der Waals surface area (Å²) in [7, 11) is 2.19. The number of rotatable bonds is 6. The van der Waals surface area contributed by atoms with Gasteiger partial charge in [0, 0.05) is 23.0 Å². The molecule has 1 N–H and O–H groups in total. The molecule has 0 fully saturated rings. The van der Waals surface area contributed by atoms with Gasteiger partial charge in [0.25, 0.3) is 0 Å². The summed E-state index contributed by atoms with van der Waals surface area (Å²) >= 11 is 7.65. The highest BCUT2D eigenvalue weighted by molar-refractivity contribution is 7.16. The van der Waals surface area contributed by atoms with Gasteiger partial charge in [-0.25, -0.2) is 0 Å². The van der Waals surface area contributed by atoms with Crippen molar-refractivity contribution in [3.63, 3.8) is 0 Å². The number of hydrogen-bond donors (Lipinski definition) is 1. The molecule has 110 valence electrons. The second kappa shape index (κ2) is 7.07. The molecule has 2 atom stereocenters. The van der Waals surface area contributed by atoms with Gasteiger partial charge in [-0.2, -0.15) is 0 Å². The van der Waals surface area contributed by atoms with E-state index in [1.165, 1.54) is 4.88 Å². The Kier molecular flexibility index (Phi) is 6.31. The Bertz CT molecular complexity index is 384. The van der Waals surface area contributed by atoms with Crippen LogP contribution in [0, 0.1) is 5.92 Å². The molecule has 4 heteroatoms. The van der Waals surface area contributed by atoms with E-state index in [2.05, 4.69) is 57.9 Å². The Balaban J connectivity index is 2.44. The molecule has 2 unspecified atom stereocenters. The second-order valence-electron chi connectivity index (χ2n) is 6.47. The van der Waals surface area contributed by atoms with Gasteiger partial charge in [0.1, 0.15) is 0 Å². The highest BCUT2D eigenvalue weighted by atomic mass is 35.5. The second-order valence-corrected chi connectivity index (χ2v) is 8.27. The topological polar surface area (TPSA) is 15.3 Å². The Morgan fingerprint density at radius 1 is 1.32 bits per heavy atom. The van der Waals surface area contributed by atoms with Gasteiger partial charge in [-0.3, -0.25) is 4.90 Å². The molecule has 0 saturated heterocycles. The number of hydrogen-bond acceptors (Lipinski definition) is 3. The molecule has 2 nitrogen and oxygen atoms in total. The van der Waals surface area contributed by atoms with E-state index >= 15 is 0 Å². The van der Waals surface area contributed by atoms with Gasteiger partial charge in [-0.05, 0) is 59.3 Å². The molecule has 0 aliphatic heterocycles. The smallest absolute Gasteiger partial charge is 0.0931 e. The van der Waals surface area contributed by atoms with Gasteiger partial charge in [-0.15, -0.1) is 11.3 Å². The van der Waals surface area contributed by atoms with Crippen molar-refractivity contribution in [1.82, 2.24) is 10.2 Å². The van der Waals surface area contributed by atoms with Crippen molar-refractivity contribution in [1.29, 1.82) is 0 Å². The third-order valence-corrected chi connectivity index (χ3v) is 4.72. The van der Waals surface area contributed by atoms with Crippen LogP contribution in [0.2, 0.25) is 4.34 Å². The maximum Gasteiger partial charge on any atom is 0.0931 e. The van der Waals surface area contributed by atoms with Crippen LogP contribution in [0.1, 0.15) is 39.5 Å². The first-order valence-corrected chi connectivity index (χ1v) is 8.08.